The van der Waals surface area contributed by atoms with Crippen molar-refractivity contribution in [3.05, 3.63) is 58.4 Å². The van der Waals surface area contributed by atoms with E-state index in [1.54, 1.807) is 0 Å². The van der Waals surface area contributed by atoms with E-state index in [0.29, 0.717) is 0 Å². The Hall–Kier alpha value is -3.29. The van der Waals surface area contributed by atoms with Gasteiger partial charge < -0.3 is 4.57 Å². The highest BCUT2D eigenvalue weighted by atomic mass is 32.2. The smallest absolute Gasteiger partial charge is 0.268 e. The Balaban J connectivity index is 1.90. The first kappa shape index (κ1) is 23.4. The normalized spacial score (nSPS) is 12.1. The van der Waals surface area contributed by atoms with E-state index in [1.807, 2.05) is 57.2 Å². The third-order valence-corrected chi connectivity index (χ3v) is 7.67. The fraction of sp³-hybridized carbons (Fsp3) is 0.273. The molecule has 0 saturated heterocycles. The topological polar surface area (TPSA) is 118 Å². The second-order valence-corrected chi connectivity index (χ2v) is 10.7. The van der Waals surface area contributed by atoms with Crippen molar-refractivity contribution in [2.75, 3.05) is 5.32 Å². The van der Waals surface area contributed by atoms with Crippen molar-refractivity contribution >= 4 is 38.5 Å². The number of sulfone groups is 1. The minimum Gasteiger partial charge on any atom is -0.318 e. The van der Waals surface area contributed by atoms with Crippen molar-refractivity contribution in [2.24, 2.45) is 0 Å². The molecule has 32 heavy (non-hydrogen) atoms. The number of amides is 1. The molecule has 2 heterocycles. The molecule has 0 spiro atoms. The molecule has 2 aromatic heterocycles. The van der Waals surface area contributed by atoms with Gasteiger partial charge in [0.05, 0.1) is 5.25 Å². The molecule has 3 aromatic rings. The maximum Gasteiger partial charge on any atom is 0.268 e. The lowest BCUT2D eigenvalue weighted by Crippen LogP contribution is -2.16. The Kier molecular flexibility index (Phi) is 6.62. The number of rotatable bonds is 6. The summed E-state index contributed by atoms with van der Waals surface area (Å²) in [5.41, 5.74) is 4.59. The molecule has 0 radical (unpaired) electrons. The number of anilines is 1. The Morgan fingerprint density at radius 3 is 2.56 bits per heavy atom. The zero-order chi connectivity index (χ0) is 23.6. The van der Waals surface area contributed by atoms with E-state index in [1.165, 1.54) is 19.9 Å². The van der Waals surface area contributed by atoms with E-state index in [9.17, 15) is 18.5 Å². The van der Waals surface area contributed by atoms with E-state index in [-0.39, 0.29) is 15.9 Å². The van der Waals surface area contributed by atoms with Crippen molar-refractivity contribution in [1.29, 1.82) is 5.26 Å². The van der Waals surface area contributed by atoms with Gasteiger partial charge in [0.2, 0.25) is 15.0 Å². The van der Waals surface area contributed by atoms with E-state index < -0.39 is 21.0 Å². The van der Waals surface area contributed by atoms with Crippen LogP contribution in [-0.4, -0.2) is 33.5 Å². The molecule has 1 aromatic carbocycles. The van der Waals surface area contributed by atoms with Crippen LogP contribution in [0.25, 0.3) is 11.8 Å². The number of carbonyl (C=O) groups excluding carboxylic acids is 1. The molecule has 0 aliphatic rings. The van der Waals surface area contributed by atoms with Gasteiger partial charge in [0, 0.05) is 28.6 Å². The van der Waals surface area contributed by atoms with Crippen molar-refractivity contribution < 1.29 is 13.2 Å². The van der Waals surface area contributed by atoms with Crippen LogP contribution in [0.3, 0.4) is 0 Å². The van der Waals surface area contributed by atoms with Crippen LogP contribution in [0.15, 0.2) is 41.1 Å². The van der Waals surface area contributed by atoms with Crippen LogP contribution in [0.5, 0.6) is 0 Å². The van der Waals surface area contributed by atoms with E-state index >= 15 is 0 Å². The Morgan fingerprint density at radius 1 is 1.25 bits per heavy atom. The lowest BCUT2D eigenvalue weighted by molar-refractivity contribution is -0.112. The first-order valence-corrected chi connectivity index (χ1v) is 12.1. The van der Waals surface area contributed by atoms with E-state index in [0.717, 1.165) is 39.7 Å². The first-order valence-electron chi connectivity index (χ1n) is 9.82. The number of nitriles is 1. The van der Waals surface area contributed by atoms with Gasteiger partial charge in [-0.15, -0.1) is 0 Å². The van der Waals surface area contributed by atoms with Crippen LogP contribution in [-0.2, 0) is 14.6 Å². The second kappa shape index (κ2) is 9.06. The largest absolute Gasteiger partial charge is 0.318 e. The van der Waals surface area contributed by atoms with Gasteiger partial charge in [-0.2, -0.15) is 14.6 Å². The Labute approximate surface area is 191 Å². The standard InChI is InChI=1S/C22H23N5O3S2/c1-13(2)32(29,30)22-25-21(31-26-22)24-20(28)18(12-23)11-17-10-15(4)27(16(17)5)19-9-7-6-8-14(19)3/h6-11,13H,1-5H3,(H,24,25,26,28)/b18-11-. The molecule has 0 saturated carbocycles. The highest BCUT2D eigenvalue weighted by molar-refractivity contribution is 7.91. The van der Waals surface area contributed by atoms with Crippen LogP contribution < -0.4 is 5.32 Å². The summed E-state index contributed by atoms with van der Waals surface area (Å²) in [6.07, 6.45) is 1.51. The molecular formula is C22H23N5O3S2. The van der Waals surface area contributed by atoms with Crippen LogP contribution in [0, 0.1) is 32.1 Å². The maximum atomic E-state index is 12.6. The number of carbonyl (C=O) groups is 1. The highest BCUT2D eigenvalue weighted by Gasteiger charge is 2.25. The van der Waals surface area contributed by atoms with Gasteiger partial charge in [0.1, 0.15) is 11.6 Å². The number of hydrogen-bond donors (Lipinski definition) is 1. The first-order chi connectivity index (χ1) is 15.1. The molecule has 3 rings (SSSR count). The van der Waals surface area contributed by atoms with E-state index in [4.69, 9.17) is 0 Å². The average Bonchev–Trinajstić information content (AvgIpc) is 3.31. The summed E-state index contributed by atoms with van der Waals surface area (Å²) in [7, 11) is -3.65. The quantitative estimate of drug-likeness (QED) is 0.431. The molecule has 1 N–H and O–H groups in total. The molecule has 0 aliphatic heterocycles. The molecule has 10 heteroatoms. The lowest BCUT2D eigenvalue weighted by Gasteiger charge is -2.12. The summed E-state index contributed by atoms with van der Waals surface area (Å²) in [6, 6.07) is 11.8. The van der Waals surface area contributed by atoms with Gasteiger partial charge in [-0.3, -0.25) is 10.1 Å². The van der Waals surface area contributed by atoms with Crippen molar-refractivity contribution in [3.8, 4) is 11.8 Å². The maximum absolute atomic E-state index is 12.6. The Bertz CT molecular complexity index is 1360. The molecule has 166 valence electrons. The molecule has 0 atom stereocenters. The predicted molar refractivity (Wildman–Crippen MR) is 124 cm³/mol. The van der Waals surface area contributed by atoms with Gasteiger partial charge >= 0.3 is 0 Å². The number of nitrogens with zero attached hydrogens (tertiary/aromatic N) is 4. The monoisotopic (exact) mass is 469 g/mol. The van der Waals surface area contributed by atoms with Crippen LogP contribution in [0.4, 0.5) is 5.13 Å². The summed E-state index contributed by atoms with van der Waals surface area (Å²) < 4.78 is 30.3. The number of hydrogen-bond acceptors (Lipinski definition) is 7. The zero-order valence-corrected chi connectivity index (χ0v) is 20.0. The SMILES string of the molecule is Cc1ccccc1-n1c(C)cc(/C=C(/C#N)C(=O)Nc2nc(S(=O)(=O)C(C)C)ns2)c1C. The highest BCUT2D eigenvalue weighted by Crippen LogP contribution is 2.25. The lowest BCUT2D eigenvalue weighted by atomic mass is 10.1. The average molecular weight is 470 g/mol. The third kappa shape index (κ3) is 4.49. The summed E-state index contributed by atoms with van der Waals surface area (Å²) in [4.78, 5) is 16.5. The van der Waals surface area contributed by atoms with Gasteiger partial charge in [-0.25, -0.2) is 8.42 Å². The molecule has 1 amide bonds. The minimum atomic E-state index is -3.65. The fourth-order valence-corrected chi connectivity index (χ4v) is 4.87. The van der Waals surface area contributed by atoms with Gasteiger partial charge in [-0.05, 0) is 64.0 Å². The van der Waals surface area contributed by atoms with Gasteiger partial charge in [-0.1, -0.05) is 18.2 Å². The molecule has 0 unspecified atom stereocenters. The molecule has 8 nitrogen and oxygen atoms in total. The fourth-order valence-electron chi connectivity index (χ4n) is 3.17. The van der Waals surface area contributed by atoms with Gasteiger partial charge in [0.15, 0.2) is 0 Å². The van der Waals surface area contributed by atoms with Gasteiger partial charge in [0.25, 0.3) is 11.1 Å². The summed E-state index contributed by atoms with van der Waals surface area (Å²) in [5, 5.41) is 11.0. The van der Waals surface area contributed by atoms with Crippen LogP contribution in [0.1, 0.15) is 36.4 Å². The van der Waals surface area contributed by atoms with Crippen LogP contribution >= 0.6 is 11.5 Å². The number of nitrogens with one attached hydrogen (secondary N) is 1. The Morgan fingerprint density at radius 2 is 1.94 bits per heavy atom. The summed E-state index contributed by atoms with van der Waals surface area (Å²) in [6.45, 7) is 8.96. The third-order valence-electron chi connectivity index (χ3n) is 4.99. The summed E-state index contributed by atoms with van der Waals surface area (Å²) in [5.74, 6) is -0.683. The van der Waals surface area contributed by atoms with Crippen molar-refractivity contribution in [2.45, 2.75) is 45.0 Å². The summed E-state index contributed by atoms with van der Waals surface area (Å²) >= 11 is 0.752. The predicted octanol–water partition coefficient (Wildman–Crippen LogP) is 3.98. The number of para-hydroxylation sites is 1. The zero-order valence-electron chi connectivity index (χ0n) is 18.4. The molecular weight excluding hydrogens is 446 g/mol. The van der Waals surface area contributed by atoms with Crippen molar-refractivity contribution in [3.63, 3.8) is 0 Å². The van der Waals surface area contributed by atoms with E-state index in [2.05, 4.69) is 19.2 Å². The molecule has 0 aliphatic carbocycles. The number of aryl methyl sites for hydroxylation is 2. The van der Waals surface area contributed by atoms with Crippen LogP contribution in [0.2, 0.25) is 0 Å². The second-order valence-electron chi connectivity index (χ2n) is 7.55. The number of aromatic nitrogens is 3. The molecule has 0 fully saturated rings. The minimum absolute atomic E-state index is 0.0146. The van der Waals surface area contributed by atoms with Crippen molar-refractivity contribution in [1.82, 2.24) is 13.9 Å². The number of benzene rings is 1. The molecule has 0 bridgehead atoms.